The maximum absolute atomic E-state index is 5.69. The van der Waals surface area contributed by atoms with E-state index in [2.05, 4.69) is 9.88 Å². The lowest BCUT2D eigenvalue weighted by molar-refractivity contribution is 0.197. The summed E-state index contributed by atoms with van der Waals surface area (Å²) in [5.74, 6) is 0.397. The van der Waals surface area contributed by atoms with Crippen LogP contribution in [0.15, 0.2) is 11.6 Å². The smallest absolute Gasteiger partial charge is 0.107 e. The lowest BCUT2D eigenvalue weighted by Crippen LogP contribution is -2.39. The number of aromatic nitrogens is 1. The lowest BCUT2D eigenvalue weighted by Gasteiger charge is -2.31. The van der Waals surface area contributed by atoms with E-state index in [4.69, 9.17) is 18.0 Å². The first kappa shape index (κ1) is 11.0. The van der Waals surface area contributed by atoms with Crippen molar-refractivity contribution in [3.63, 3.8) is 0 Å². The Morgan fingerprint density at radius 1 is 1.73 bits per heavy atom. The normalized spacial score (nSPS) is 22.8. The maximum Gasteiger partial charge on any atom is 0.107 e. The van der Waals surface area contributed by atoms with Gasteiger partial charge in [-0.15, -0.1) is 11.3 Å². The number of hydrogen-bond acceptors (Lipinski definition) is 4. The molecule has 1 fully saturated rings. The van der Waals surface area contributed by atoms with Crippen LogP contribution < -0.4 is 5.73 Å². The minimum absolute atomic E-state index is 0.397. The second-order valence-electron chi connectivity index (χ2n) is 3.90. The molecule has 15 heavy (non-hydrogen) atoms. The molecule has 0 aromatic carbocycles. The molecule has 1 aliphatic rings. The van der Waals surface area contributed by atoms with Crippen molar-refractivity contribution in [3.05, 3.63) is 16.6 Å². The van der Waals surface area contributed by atoms with E-state index >= 15 is 0 Å². The van der Waals surface area contributed by atoms with Crippen LogP contribution >= 0.6 is 23.6 Å². The number of piperidine rings is 1. The van der Waals surface area contributed by atoms with Gasteiger partial charge in [0.1, 0.15) is 5.01 Å². The van der Waals surface area contributed by atoms with Gasteiger partial charge in [-0.05, 0) is 19.4 Å². The number of likely N-dealkylation sites (tertiary alicyclic amines) is 1. The molecule has 1 saturated heterocycles. The fourth-order valence-electron chi connectivity index (χ4n) is 1.95. The summed E-state index contributed by atoms with van der Waals surface area (Å²) in [7, 11) is 0. The summed E-state index contributed by atoms with van der Waals surface area (Å²) in [4.78, 5) is 7.35. The average Bonchev–Trinajstić information content (AvgIpc) is 2.71. The number of thiocarbonyl (C=S) groups is 1. The second kappa shape index (κ2) is 5.01. The number of rotatable bonds is 3. The molecule has 0 radical (unpaired) electrons. The zero-order valence-corrected chi connectivity index (χ0v) is 10.2. The molecule has 5 heteroatoms. The summed E-state index contributed by atoms with van der Waals surface area (Å²) in [6, 6.07) is 0. The second-order valence-corrected chi connectivity index (χ2v) is 5.35. The van der Waals surface area contributed by atoms with E-state index in [0.29, 0.717) is 10.9 Å². The summed E-state index contributed by atoms with van der Waals surface area (Å²) < 4.78 is 0. The zero-order chi connectivity index (χ0) is 10.7. The molecule has 1 unspecified atom stereocenters. The number of thiazole rings is 1. The predicted molar refractivity (Wildman–Crippen MR) is 66.9 cm³/mol. The fourth-order valence-corrected chi connectivity index (χ4v) is 2.80. The topological polar surface area (TPSA) is 42.1 Å². The van der Waals surface area contributed by atoms with E-state index in [9.17, 15) is 0 Å². The van der Waals surface area contributed by atoms with Crippen molar-refractivity contribution in [3.8, 4) is 0 Å². The first-order valence-electron chi connectivity index (χ1n) is 5.16. The highest BCUT2D eigenvalue weighted by atomic mass is 32.1. The zero-order valence-electron chi connectivity index (χ0n) is 8.56. The average molecular weight is 241 g/mol. The highest BCUT2D eigenvalue weighted by Crippen LogP contribution is 2.19. The first-order chi connectivity index (χ1) is 7.25. The molecule has 1 aromatic rings. The Morgan fingerprint density at radius 3 is 3.27 bits per heavy atom. The van der Waals surface area contributed by atoms with Crippen LogP contribution in [0.5, 0.6) is 0 Å². The molecule has 82 valence electrons. The minimum Gasteiger partial charge on any atom is -0.393 e. The Bertz CT molecular complexity index is 323. The van der Waals surface area contributed by atoms with Gasteiger partial charge in [0.05, 0.1) is 11.5 Å². The Kier molecular flexibility index (Phi) is 3.66. The molecule has 0 amide bonds. The van der Waals surface area contributed by atoms with Crippen molar-refractivity contribution in [1.29, 1.82) is 0 Å². The van der Waals surface area contributed by atoms with E-state index in [1.807, 2.05) is 11.6 Å². The monoisotopic (exact) mass is 241 g/mol. The quantitative estimate of drug-likeness (QED) is 0.817. The van der Waals surface area contributed by atoms with Gasteiger partial charge in [-0.2, -0.15) is 0 Å². The summed E-state index contributed by atoms with van der Waals surface area (Å²) in [6.07, 6.45) is 4.19. The molecule has 1 aliphatic heterocycles. The van der Waals surface area contributed by atoms with Gasteiger partial charge >= 0.3 is 0 Å². The number of nitrogens with zero attached hydrogens (tertiary/aromatic N) is 2. The van der Waals surface area contributed by atoms with Crippen LogP contribution in [-0.4, -0.2) is 28.0 Å². The third-order valence-electron chi connectivity index (χ3n) is 2.75. The number of nitrogens with two attached hydrogens (primary N) is 1. The van der Waals surface area contributed by atoms with Crippen molar-refractivity contribution in [2.75, 3.05) is 13.1 Å². The van der Waals surface area contributed by atoms with Crippen molar-refractivity contribution < 1.29 is 0 Å². The summed E-state index contributed by atoms with van der Waals surface area (Å²) >= 11 is 6.76. The molecule has 0 saturated carbocycles. The van der Waals surface area contributed by atoms with Gasteiger partial charge in [0.25, 0.3) is 0 Å². The van der Waals surface area contributed by atoms with Gasteiger partial charge in [-0.1, -0.05) is 12.2 Å². The Balaban J connectivity index is 1.90. The third-order valence-corrected chi connectivity index (χ3v) is 3.85. The van der Waals surface area contributed by atoms with Gasteiger partial charge < -0.3 is 5.73 Å². The highest BCUT2D eigenvalue weighted by molar-refractivity contribution is 7.80. The maximum atomic E-state index is 5.69. The van der Waals surface area contributed by atoms with Gasteiger partial charge in [-0.25, -0.2) is 4.98 Å². The third kappa shape index (κ3) is 2.96. The Labute approximate surface area is 99.3 Å². The molecule has 2 N–H and O–H groups in total. The van der Waals surface area contributed by atoms with Gasteiger partial charge in [-0.3, -0.25) is 4.90 Å². The summed E-state index contributed by atoms with van der Waals surface area (Å²) in [5, 5.41) is 3.20. The van der Waals surface area contributed by atoms with Crippen LogP contribution in [0.25, 0.3) is 0 Å². The Hall–Kier alpha value is -0.520. The predicted octanol–water partition coefficient (Wildman–Crippen LogP) is 1.64. The van der Waals surface area contributed by atoms with Gasteiger partial charge in [0, 0.05) is 24.0 Å². The summed E-state index contributed by atoms with van der Waals surface area (Å²) in [5.41, 5.74) is 5.69. The van der Waals surface area contributed by atoms with Gasteiger partial charge in [0.2, 0.25) is 0 Å². The summed E-state index contributed by atoms with van der Waals surface area (Å²) in [6.45, 7) is 3.07. The SMILES string of the molecule is NC(=S)C1CCCN(Cc2nccs2)C1. The van der Waals surface area contributed by atoms with Crippen LogP contribution in [0.4, 0.5) is 0 Å². The molecule has 2 rings (SSSR count). The van der Waals surface area contributed by atoms with Crippen LogP contribution in [0, 0.1) is 5.92 Å². The number of hydrogen-bond donors (Lipinski definition) is 1. The first-order valence-corrected chi connectivity index (χ1v) is 6.44. The van der Waals surface area contributed by atoms with E-state index in [1.165, 1.54) is 11.4 Å². The largest absolute Gasteiger partial charge is 0.393 e. The van der Waals surface area contributed by atoms with E-state index in [-0.39, 0.29) is 0 Å². The Morgan fingerprint density at radius 2 is 2.60 bits per heavy atom. The fraction of sp³-hybridized carbons (Fsp3) is 0.600. The molecule has 0 spiro atoms. The lowest BCUT2D eigenvalue weighted by atomic mass is 9.98. The molecule has 0 aliphatic carbocycles. The van der Waals surface area contributed by atoms with Crippen LogP contribution in [0.2, 0.25) is 0 Å². The van der Waals surface area contributed by atoms with Crippen LogP contribution in [0.1, 0.15) is 17.8 Å². The van der Waals surface area contributed by atoms with Crippen molar-refractivity contribution in [1.82, 2.24) is 9.88 Å². The molecular weight excluding hydrogens is 226 g/mol. The molecule has 1 aromatic heterocycles. The standard InChI is InChI=1S/C10H15N3S2/c11-10(14)8-2-1-4-13(6-8)7-9-12-3-5-15-9/h3,5,8H,1-2,4,6-7H2,(H2,11,14). The highest BCUT2D eigenvalue weighted by Gasteiger charge is 2.22. The van der Waals surface area contributed by atoms with Crippen molar-refractivity contribution >= 4 is 28.5 Å². The van der Waals surface area contributed by atoms with E-state index in [0.717, 1.165) is 26.1 Å². The molecule has 1 atom stereocenters. The van der Waals surface area contributed by atoms with E-state index in [1.54, 1.807) is 11.3 Å². The minimum atomic E-state index is 0.397. The van der Waals surface area contributed by atoms with Crippen LogP contribution in [-0.2, 0) is 6.54 Å². The molecule has 0 bridgehead atoms. The van der Waals surface area contributed by atoms with Crippen molar-refractivity contribution in [2.45, 2.75) is 19.4 Å². The van der Waals surface area contributed by atoms with Gasteiger partial charge in [0.15, 0.2) is 0 Å². The molecular formula is C10H15N3S2. The van der Waals surface area contributed by atoms with Crippen LogP contribution in [0.3, 0.4) is 0 Å². The van der Waals surface area contributed by atoms with Crippen molar-refractivity contribution in [2.24, 2.45) is 11.7 Å². The molecule has 2 heterocycles. The van der Waals surface area contributed by atoms with E-state index < -0.39 is 0 Å². The molecule has 3 nitrogen and oxygen atoms in total.